The summed E-state index contributed by atoms with van der Waals surface area (Å²) in [5.41, 5.74) is 1.04. The summed E-state index contributed by atoms with van der Waals surface area (Å²) in [6.07, 6.45) is 1.63. The van der Waals surface area contributed by atoms with Crippen LogP contribution in [0.4, 0.5) is 5.69 Å². The molecule has 0 heterocycles. The maximum absolute atomic E-state index is 11.9. The van der Waals surface area contributed by atoms with Gasteiger partial charge >= 0.3 is 5.97 Å². The highest BCUT2D eigenvalue weighted by Gasteiger charge is 2.07. The molecular weight excluding hydrogens is 272 g/mol. The number of hydrogen-bond acceptors (Lipinski definition) is 3. The van der Waals surface area contributed by atoms with Gasteiger partial charge in [-0.25, -0.2) is 0 Å². The Morgan fingerprint density at radius 2 is 1.95 bits per heavy atom. The molecule has 2 amide bonds. The van der Waals surface area contributed by atoms with E-state index >= 15 is 0 Å². The molecule has 0 aliphatic heterocycles. The second-order valence-corrected chi connectivity index (χ2v) is 4.59. The standard InChI is InChI=1S/C15H20N2O4/c1-2-13(18)17-12-7-5-6-11(10-12)15(21)16-9-4-3-8-14(19)20/h5-7,10H,2-4,8-9H2,1H3,(H,16,21)(H,17,18)(H,19,20). The van der Waals surface area contributed by atoms with Gasteiger partial charge in [-0.05, 0) is 31.0 Å². The molecule has 0 aliphatic rings. The van der Waals surface area contributed by atoms with Crippen LogP contribution in [-0.4, -0.2) is 29.4 Å². The van der Waals surface area contributed by atoms with Gasteiger partial charge in [0, 0.05) is 30.6 Å². The zero-order valence-electron chi connectivity index (χ0n) is 12.0. The fraction of sp³-hybridized carbons (Fsp3) is 0.400. The maximum Gasteiger partial charge on any atom is 0.303 e. The molecule has 6 nitrogen and oxygen atoms in total. The summed E-state index contributed by atoms with van der Waals surface area (Å²) in [5, 5.41) is 13.9. The predicted octanol–water partition coefficient (Wildman–Crippen LogP) is 2.02. The number of rotatable bonds is 8. The Morgan fingerprint density at radius 1 is 1.19 bits per heavy atom. The summed E-state index contributed by atoms with van der Waals surface area (Å²) in [4.78, 5) is 33.6. The number of carboxylic acids is 1. The van der Waals surface area contributed by atoms with Crippen molar-refractivity contribution in [2.24, 2.45) is 0 Å². The first-order valence-electron chi connectivity index (χ1n) is 6.93. The van der Waals surface area contributed by atoms with Crippen molar-refractivity contribution in [3.63, 3.8) is 0 Å². The normalized spacial score (nSPS) is 9.95. The third-order valence-electron chi connectivity index (χ3n) is 2.83. The first kappa shape index (κ1) is 16.7. The highest BCUT2D eigenvalue weighted by atomic mass is 16.4. The Morgan fingerprint density at radius 3 is 2.62 bits per heavy atom. The first-order chi connectivity index (χ1) is 10.0. The molecule has 0 aliphatic carbocycles. The summed E-state index contributed by atoms with van der Waals surface area (Å²) in [5.74, 6) is -1.18. The van der Waals surface area contributed by atoms with Crippen molar-refractivity contribution in [3.05, 3.63) is 29.8 Å². The SMILES string of the molecule is CCC(=O)Nc1cccc(C(=O)NCCCCC(=O)O)c1. The van der Waals surface area contributed by atoms with Crippen LogP contribution in [0.3, 0.4) is 0 Å². The van der Waals surface area contributed by atoms with E-state index in [0.717, 1.165) is 0 Å². The van der Waals surface area contributed by atoms with Gasteiger partial charge in [0.05, 0.1) is 0 Å². The largest absolute Gasteiger partial charge is 0.481 e. The zero-order chi connectivity index (χ0) is 15.7. The number of carbonyl (C=O) groups excluding carboxylic acids is 2. The van der Waals surface area contributed by atoms with Crippen LogP contribution in [0.1, 0.15) is 43.0 Å². The molecule has 0 aromatic heterocycles. The van der Waals surface area contributed by atoms with Gasteiger partial charge in [-0.1, -0.05) is 13.0 Å². The molecule has 0 saturated carbocycles. The number of amides is 2. The van der Waals surface area contributed by atoms with Crippen LogP contribution in [0, 0.1) is 0 Å². The van der Waals surface area contributed by atoms with Crippen molar-refractivity contribution < 1.29 is 19.5 Å². The molecule has 0 saturated heterocycles. The summed E-state index contributed by atoms with van der Waals surface area (Å²) in [6, 6.07) is 6.69. The van der Waals surface area contributed by atoms with Crippen LogP contribution in [0.25, 0.3) is 0 Å². The highest BCUT2D eigenvalue weighted by Crippen LogP contribution is 2.11. The zero-order valence-corrected chi connectivity index (χ0v) is 12.0. The molecule has 1 aromatic rings. The number of unbranched alkanes of at least 4 members (excludes halogenated alkanes) is 1. The van der Waals surface area contributed by atoms with E-state index < -0.39 is 5.97 Å². The number of carboxylic acid groups (broad SMARTS) is 1. The Balaban J connectivity index is 2.45. The Labute approximate surface area is 123 Å². The number of anilines is 1. The van der Waals surface area contributed by atoms with Gasteiger partial charge in [-0.15, -0.1) is 0 Å². The van der Waals surface area contributed by atoms with Crippen molar-refractivity contribution >= 4 is 23.5 Å². The fourth-order valence-corrected chi connectivity index (χ4v) is 1.69. The van der Waals surface area contributed by atoms with Crippen molar-refractivity contribution in [2.45, 2.75) is 32.6 Å². The number of benzene rings is 1. The van der Waals surface area contributed by atoms with Gasteiger partial charge < -0.3 is 15.7 Å². The van der Waals surface area contributed by atoms with E-state index in [1.807, 2.05) is 0 Å². The highest BCUT2D eigenvalue weighted by molar-refractivity contribution is 5.97. The van der Waals surface area contributed by atoms with E-state index in [0.29, 0.717) is 37.1 Å². The monoisotopic (exact) mass is 292 g/mol. The van der Waals surface area contributed by atoms with E-state index in [1.54, 1.807) is 31.2 Å². The molecule has 21 heavy (non-hydrogen) atoms. The maximum atomic E-state index is 11.9. The molecule has 3 N–H and O–H groups in total. The summed E-state index contributed by atoms with van der Waals surface area (Å²) >= 11 is 0. The lowest BCUT2D eigenvalue weighted by molar-refractivity contribution is -0.137. The minimum Gasteiger partial charge on any atom is -0.481 e. The van der Waals surface area contributed by atoms with Gasteiger partial charge in [0.25, 0.3) is 5.91 Å². The second-order valence-electron chi connectivity index (χ2n) is 4.59. The first-order valence-corrected chi connectivity index (χ1v) is 6.93. The average molecular weight is 292 g/mol. The molecule has 114 valence electrons. The van der Waals surface area contributed by atoms with Crippen molar-refractivity contribution in [1.29, 1.82) is 0 Å². The van der Waals surface area contributed by atoms with Gasteiger partial charge in [-0.3, -0.25) is 14.4 Å². The average Bonchev–Trinajstić information content (AvgIpc) is 2.46. The quantitative estimate of drug-likeness (QED) is 0.639. The van der Waals surface area contributed by atoms with Crippen LogP contribution in [0.2, 0.25) is 0 Å². The number of carbonyl (C=O) groups is 3. The van der Waals surface area contributed by atoms with Gasteiger partial charge in [0.1, 0.15) is 0 Å². The van der Waals surface area contributed by atoms with Gasteiger partial charge in [-0.2, -0.15) is 0 Å². The Hall–Kier alpha value is -2.37. The number of hydrogen-bond donors (Lipinski definition) is 3. The summed E-state index contributed by atoms with van der Waals surface area (Å²) in [6.45, 7) is 2.18. The Bertz CT molecular complexity index is 514. The van der Waals surface area contributed by atoms with Gasteiger partial charge in [0.15, 0.2) is 0 Å². The smallest absolute Gasteiger partial charge is 0.303 e. The third-order valence-corrected chi connectivity index (χ3v) is 2.83. The summed E-state index contributed by atoms with van der Waals surface area (Å²) in [7, 11) is 0. The van der Waals surface area contributed by atoms with Gasteiger partial charge in [0.2, 0.25) is 5.91 Å². The molecule has 0 bridgehead atoms. The molecule has 0 unspecified atom stereocenters. The fourth-order valence-electron chi connectivity index (χ4n) is 1.69. The van der Waals surface area contributed by atoms with E-state index in [2.05, 4.69) is 10.6 Å². The van der Waals surface area contributed by atoms with Crippen molar-refractivity contribution in [1.82, 2.24) is 5.32 Å². The number of aliphatic carboxylic acids is 1. The van der Waals surface area contributed by atoms with E-state index in [9.17, 15) is 14.4 Å². The lowest BCUT2D eigenvalue weighted by Gasteiger charge is -2.07. The molecule has 0 radical (unpaired) electrons. The van der Waals surface area contributed by atoms with Crippen LogP contribution in [0.15, 0.2) is 24.3 Å². The lowest BCUT2D eigenvalue weighted by Crippen LogP contribution is -2.24. The number of nitrogens with one attached hydrogen (secondary N) is 2. The molecular formula is C15H20N2O4. The Kier molecular flexibility index (Phi) is 6.94. The minimum absolute atomic E-state index is 0.106. The van der Waals surface area contributed by atoms with E-state index in [1.165, 1.54) is 0 Å². The molecule has 0 spiro atoms. The molecule has 0 atom stereocenters. The third kappa shape index (κ3) is 6.56. The van der Waals surface area contributed by atoms with Crippen molar-refractivity contribution in [3.8, 4) is 0 Å². The lowest BCUT2D eigenvalue weighted by atomic mass is 10.1. The van der Waals surface area contributed by atoms with E-state index in [4.69, 9.17) is 5.11 Å². The molecule has 0 fully saturated rings. The topological polar surface area (TPSA) is 95.5 Å². The molecule has 1 aromatic carbocycles. The van der Waals surface area contributed by atoms with Crippen LogP contribution < -0.4 is 10.6 Å². The van der Waals surface area contributed by atoms with Crippen LogP contribution >= 0.6 is 0 Å². The molecule has 1 rings (SSSR count). The molecule has 6 heteroatoms. The van der Waals surface area contributed by atoms with E-state index in [-0.39, 0.29) is 18.2 Å². The van der Waals surface area contributed by atoms with Crippen molar-refractivity contribution in [2.75, 3.05) is 11.9 Å². The van der Waals surface area contributed by atoms with Crippen LogP contribution in [-0.2, 0) is 9.59 Å². The predicted molar refractivity (Wildman–Crippen MR) is 79.2 cm³/mol. The second kappa shape index (κ2) is 8.73. The van der Waals surface area contributed by atoms with Crippen LogP contribution in [0.5, 0.6) is 0 Å². The minimum atomic E-state index is -0.833. The summed E-state index contributed by atoms with van der Waals surface area (Å²) < 4.78 is 0.